The van der Waals surface area contributed by atoms with Crippen LogP contribution in [0, 0.1) is 0 Å². The largest absolute Gasteiger partial charge is 0.474 e. The Bertz CT molecular complexity index is 1100. The fraction of sp³-hybridized carbons (Fsp3) is 0.227. The first-order valence-corrected chi connectivity index (χ1v) is 10.8. The van der Waals surface area contributed by atoms with Gasteiger partial charge in [-0.15, -0.1) is 0 Å². The van der Waals surface area contributed by atoms with Gasteiger partial charge in [-0.3, -0.25) is 0 Å². The Labute approximate surface area is 188 Å². The van der Waals surface area contributed by atoms with E-state index in [-0.39, 0.29) is 6.10 Å². The molecule has 1 saturated heterocycles. The molecule has 154 valence electrons. The van der Waals surface area contributed by atoms with Gasteiger partial charge in [0, 0.05) is 53.2 Å². The number of benzene rings is 1. The number of ether oxygens (including phenoxy) is 1. The first-order valence-electron chi connectivity index (χ1n) is 9.59. The first kappa shape index (κ1) is 20.6. The van der Waals surface area contributed by atoms with Gasteiger partial charge in [-0.2, -0.15) is 0 Å². The lowest BCUT2D eigenvalue weighted by atomic mass is 10.1. The van der Waals surface area contributed by atoms with Crippen LogP contribution in [0.25, 0.3) is 10.9 Å². The van der Waals surface area contributed by atoms with Gasteiger partial charge in [0.15, 0.2) is 0 Å². The fourth-order valence-corrected chi connectivity index (χ4v) is 3.80. The lowest BCUT2D eigenvalue weighted by molar-refractivity contribution is 0.115. The van der Waals surface area contributed by atoms with Crippen molar-refractivity contribution in [1.29, 1.82) is 0 Å². The fourth-order valence-electron chi connectivity index (χ4n) is 3.38. The second-order valence-electron chi connectivity index (χ2n) is 7.02. The van der Waals surface area contributed by atoms with Gasteiger partial charge in [-0.05, 0) is 40.2 Å². The number of fused-ring (bicyclic) bond motifs is 1. The van der Waals surface area contributed by atoms with Crippen molar-refractivity contribution in [2.75, 3.05) is 18.4 Å². The molecule has 1 fully saturated rings. The summed E-state index contributed by atoms with van der Waals surface area (Å²) < 4.78 is 7.00. The molecule has 0 spiro atoms. The molecule has 1 aliphatic heterocycles. The number of hydrogen-bond acceptors (Lipinski definition) is 6. The van der Waals surface area contributed by atoms with E-state index in [0.29, 0.717) is 16.7 Å². The SMILES string of the molecule is C=CC(=C)N1CCC(Oc2cc3c(Nc4ccc(Br)c(Cl)c4)ncnc3cn2)CC1. The average Bonchev–Trinajstić information content (AvgIpc) is 2.77. The van der Waals surface area contributed by atoms with Crippen molar-refractivity contribution < 1.29 is 4.74 Å². The van der Waals surface area contributed by atoms with E-state index < -0.39 is 0 Å². The number of rotatable bonds is 6. The molecule has 0 aliphatic carbocycles. The first-order chi connectivity index (χ1) is 14.5. The number of nitrogens with zero attached hydrogens (tertiary/aromatic N) is 4. The molecule has 0 atom stereocenters. The zero-order chi connectivity index (χ0) is 21.1. The zero-order valence-electron chi connectivity index (χ0n) is 16.3. The summed E-state index contributed by atoms with van der Waals surface area (Å²) in [5.74, 6) is 1.23. The topological polar surface area (TPSA) is 63.2 Å². The second-order valence-corrected chi connectivity index (χ2v) is 8.28. The Hall–Kier alpha value is -2.64. The summed E-state index contributed by atoms with van der Waals surface area (Å²) in [5, 5.41) is 4.76. The summed E-state index contributed by atoms with van der Waals surface area (Å²) in [6.45, 7) is 9.59. The minimum atomic E-state index is 0.107. The average molecular weight is 487 g/mol. The van der Waals surface area contributed by atoms with Crippen molar-refractivity contribution in [1.82, 2.24) is 19.9 Å². The van der Waals surface area contributed by atoms with E-state index in [1.54, 1.807) is 12.3 Å². The molecule has 3 heterocycles. The highest BCUT2D eigenvalue weighted by Crippen LogP contribution is 2.30. The molecule has 0 unspecified atom stereocenters. The maximum absolute atomic E-state index is 6.21. The molecule has 0 amide bonds. The van der Waals surface area contributed by atoms with Gasteiger partial charge < -0.3 is 15.0 Å². The number of allylic oxidation sites excluding steroid dienone is 1. The summed E-state index contributed by atoms with van der Waals surface area (Å²) in [4.78, 5) is 15.4. The summed E-state index contributed by atoms with van der Waals surface area (Å²) in [6, 6.07) is 7.53. The van der Waals surface area contributed by atoms with Gasteiger partial charge >= 0.3 is 0 Å². The van der Waals surface area contributed by atoms with Crippen LogP contribution in [0.1, 0.15) is 12.8 Å². The molecule has 0 bridgehead atoms. The lowest BCUT2D eigenvalue weighted by Gasteiger charge is -2.33. The molecule has 2 aromatic heterocycles. The Morgan fingerprint density at radius 1 is 1.23 bits per heavy atom. The highest BCUT2D eigenvalue weighted by Gasteiger charge is 2.21. The highest BCUT2D eigenvalue weighted by molar-refractivity contribution is 9.10. The van der Waals surface area contributed by atoms with Gasteiger partial charge in [0.25, 0.3) is 0 Å². The highest BCUT2D eigenvalue weighted by atomic mass is 79.9. The summed E-state index contributed by atoms with van der Waals surface area (Å²) in [5.41, 5.74) is 2.52. The van der Waals surface area contributed by atoms with Gasteiger partial charge in [0.2, 0.25) is 5.88 Å². The summed E-state index contributed by atoms with van der Waals surface area (Å²) >= 11 is 9.61. The molecule has 8 heteroatoms. The summed E-state index contributed by atoms with van der Waals surface area (Å²) in [6.07, 6.45) is 6.92. The van der Waals surface area contributed by atoms with E-state index in [1.807, 2.05) is 24.3 Å². The standard InChI is InChI=1S/C22H21BrClN5O/c1-3-14(2)29-8-6-16(7-9-29)30-21-11-17-20(12-25-21)26-13-27-22(17)28-15-4-5-18(23)19(24)10-15/h3-5,10-13,16H,1-2,6-9H2,(H,26,27,28). The van der Waals surface area contributed by atoms with E-state index in [9.17, 15) is 0 Å². The minimum absolute atomic E-state index is 0.107. The number of hydrogen-bond donors (Lipinski definition) is 1. The molecule has 0 radical (unpaired) electrons. The summed E-state index contributed by atoms with van der Waals surface area (Å²) in [7, 11) is 0. The van der Waals surface area contributed by atoms with Crippen LogP contribution >= 0.6 is 27.5 Å². The molecule has 30 heavy (non-hydrogen) atoms. The molecule has 3 aromatic rings. The molecule has 1 aliphatic rings. The Kier molecular flexibility index (Phi) is 6.20. The van der Waals surface area contributed by atoms with Gasteiger partial charge in [0.05, 0.1) is 16.7 Å². The Morgan fingerprint density at radius 2 is 2.03 bits per heavy atom. The third-order valence-corrected chi connectivity index (χ3v) is 6.28. The normalized spacial score (nSPS) is 14.5. The molecule has 4 rings (SSSR count). The van der Waals surface area contributed by atoms with E-state index in [2.05, 4.69) is 54.3 Å². The molecular weight excluding hydrogens is 466 g/mol. The zero-order valence-corrected chi connectivity index (χ0v) is 18.7. The van der Waals surface area contributed by atoms with E-state index in [1.165, 1.54) is 6.33 Å². The Balaban J connectivity index is 1.52. The maximum atomic E-state index is 6.21. The van der Waals surface area contributed by atoms with E-state index in [0.717, 1.165) is 52.7 Å². The van der Waals surface area contributed by atoms with Crippen molar-refractivity contribution in [3.63, 3.8) is 0 Å². The van der Waals surface area contributed by atoms with Gasteiger partial charge in [-0.25, -0.2) is 15.0 Å². The van der Waals surface area contributed by atoms with Crippen LogP contribution in [0.2, 0.25) is 5.02 Å². The molecule has 6 nitrogen and oxygen atoms in total. The minimum Gasteiger partial charge on any atom is -0.474 e. The van der Waals surface area contributed by atoms with Crippen molar-refractivity contribution in [3.05, 3.63) is 71.2 Å². The number of aromatic nitrogens is 3. The number of anilines is 2. The second kappa shape index (κ2) is 9.02. The van der Waals surface area contributed by atoms with Crippen molar-refractivity contribution >= 4 is 49.9 Å². The lowest BCUT2D eigenvalue weighted by Crippen LogP contribution is -2.37. The number of halogens is 2. The molecule has 0 saturated carbocycles. The predicted molar refractivity (Wildman–Crippen MR) is 124 cm³/mol. The van der Waals surface area contributed by atoms with E-state index in [4.69, 9.17) is 16.3 Å². The van der Waals surface area contributed by atoms with Gasteiger partial charge in [-0.1, -0.05) is 24.8 Å². The van der Waals surface area contributed by atoms with Crippen LogP contribution in [0.5, 0.6) is 5.88 Å². The van der Waals surface area contributed by atoms with Crippen molar-refractivity contribution in [2.24, 2.45) is 0 Å². The predicted octanol–water partition coefficient (Wildman–Crippen LogP) is 5.73. The maximum Gasteiger partial charge on any atom is 0.214 e. The van der Waals surface area contributed by atoms with Crippen LogP contribution in [0.4, 0.5) is 11.5 Å². The van der Waals surface area contributed by atoms with Crippen LogP contribution < -0.4 is 10.1 Å². The molecule has 1 aromatic carbocycles. The van der Waals surface area contributed by atoms with Crippen LogP contribution in [-0.4, -0.2) is 39.0 Å². The number of pyridine rings is 1. The van der Waals surface area contributed by atoms with Crippen LogP contribution in [0.15, 0.2) is 66.2 Å². The Morgan fingerprint density at radius 3 is 2.77 bits per heavy atom. The van der Waals surface area contributed by atoms with Crippen molar-refractivity contribution in [3.8, 4) is 5.88 Å². The monoisotopic (exact) mass is 485 g/mol. The number of piperidine rings is 1. The van der Waals surface area contributed by atoms with Crippen LogP contribution in [0.3, 0.4) is 0 Å². The number of likely N-dealkylation sites (tertiary alicyclic amines) is 1. The third-order valence-electron chi connectivity index (χ3n) is 5.05. The third kappa shape index (κ3) is 4.57. The smallest absolute Gasteiger partial charge is 0.214 e. The van der Waals surface area contributed by atoms with E-state index >= 15 is 0 Å². The van der Waals surface area contributed by atoms with Crippen molar-refractivity contribution in [2.45, 2.75) is 18.9 Å². The molecular formula is C22H21BrClN5O. The quantitative estimate of drug-likeness (QED) is 0.449. The van der Waals surface area contributed by atoms with Crippen LogP contribution in [-0.2, 0) is 0 Å². The molecule has 1 N–H and O–H groups in total. The number of nitrogens with one attached hydrogen (secondary N) is 1. The van der Waals surface area contributed by atoms with Gasteiger partial charge in [0.1, 0.15) is 18.2 Å².